The molecule has 0 rings (SSSR count). The smallest absolute Gasteiger partial charge is 0.218 e. The number of methoxy groups -OCH3 is 2. The molecule has 0 bridgehead atoms. The van der Waals surface area contributed by atoms with Crippen molar-refractivity contribution in [3.63, 3.8) is 0 Å². The van der Waals surface area contributed by atoms with Gasteiger partial charge in [-0.2, -0.15) is 0 Å². The topological polar surface area (TPSA) is 21.7 Å². The summed E-state index contributed by atoms with van der Waals surface area (Å²) in [5.41, 5.74) is 0.0177. The van der Waals surface area contributed by atoms with Crippen molar-refractivity contribution in [1.82, 2.24) is 4.90 Å². The van der Waals surface area contributed by atoms with Crippen LogP contribution in [0.2, 0.25) is 0 Å². The Labute approximate surface area is 88.4 Å². The molecule has 0 spiro atoms. The van der Waals surface area contributed by atoms with Crippen LogP contribution in [0.3, 0.4) is 0 Å². The zero-order valence-electron chi connectivity index (χ0n) is 10.8. The Hall–Kier alpha value is -0.120. The standard InChI is InChI=1S/C11H25NO2/c1-10(2,3)12(11(4,5)6)9(13-7)14-8/h9H,1-8H3. The van der Waals surface area contributed by atoms with Crippen LogP contribution in [0.5, 0.6) is 0 Å². The number of ether oxygens (including phenoxy) is 2. The molecule has 0 radical (unpaired) electrons. The van der Waals surface area contributed by atoms with E-state index in [1.54, 1.807) is 14.2 Å². The molecule has 0 aromatic carbocycles. The molecule has 0 N–H and O–H groups in total. The third kappa shape index (κ3) is 3.56. The third-order valence-corrected chi connectivity index (χ3v) is 2.06. The molecule has 86 valence electrons. The molecule has 0 unspecified atom stereocenters. The van der Waals surface area contributed by atoms with Crippen LogP contribution in [0.25, 0.3) is 0 Å². The minimum atomic E-state index is -0.296. The molecule has 14 heavy (non-hydrogen) atoms. The lowest BCUT2D eigenvalue weighted by Crippen LogP contribution is -2.58. The Kier molecular flexibility index (Phi) is 4.56. The van der Waals surface area contributed by atoms with Gasteiger partial charge in [0.25, 0.3) is 0 Å². The second kappa shape index (κ2) is 4.60. The molecule has 0 aliphatic carbocycles. The van der Waals surface area contributed by atoms with Crippen LogP contribution in [0.4, 0.5) is 0 Å². The predicted molar refractivity (Wildman–Crippen MR) is 59.2 cm³/mol. The van der Waals surface area contributed by atoms with E-state index in [4.69, 9.17) is 9.47 Å². The van der Waals surface area contributed by atoms with Gasteiger partial charge in [-0.05, 0) is 41.5 Å². The molecule has 0 amide bonds. The van der Waals surface area contributed by atoms with E-state index < -0.39 is 0 Å². The average molecular weight is 203 g/mol. The molecule has 0 saturated carbocycles. The summed E-state index contributed by atoms with van der Waals surface area (Å²) in [5.74, 6) is 0. The second-order valence-corrected chi connectivity index (χ2v) is 5.49. The Morgan fingerprint density at radius 1 is 0.786 bits per heavy atom. The SMILES string of the molecule is COC(OC)N(C(C)(C)C)C(C)(C)C. The lowest BCUT2D eigenvalue weighted by atomic mass is 9.97. The highest BCUT2D eigenvalue weighted by Gasteiger charge is 2.37. The number of nitrogens with zero attached hydrogens (tertiary/aromatic N) is 1. The molecule has 3 heteroatoms. The minimum Gasteiger partial charge on any atom is -0.343 e. The van der Waals surface area contributed by atoms with Crippen molar-refractivity contribution in [3.05, 3.63) is 0 Å². The van der Waals surface area contributed by atoms with E-state index in [-0.39, 0.29) is 17.5 Å². The van der Waals surface area contributed by atoms with E-state index in [0.29, 0.717) is 0 Å². The van der Waals surface area contributed by atoms with E-state index in [1.165, 1.54) is 0 Å². The molecule has 3 nitrogen and oxygen atoms in total. The van der Waals surface area contributed by atoms with Gasteiger partial charge in [0, 0.05) is 25.3 Å². The predicted octanol–water partition coefficient (Wildman–Crippen LogP) is 2.46. The maximum absolute atomic E-state index is 5.32. The van der Waals surface area contributed by atoms with Crippen molar-refractivity contribution in [3.8, 4) is 0 Å². The van der Waals surface area contributed by atoms with E-state index >= 15 is 0 Å². The molecule has 0 aliphatic heterocycles. The van der Waals surface area contributed by atoms with Crippen LogP contribution in [0.15, 0.2) is 0 Å². The Balaban J connectivity index is 4.91. The number of rotatable bonds is 3. The van der Waals surface area contributed by atoms with Gasteiger partial charge in [-0.1, -0.05) is 0 Å². The summed E-state index contributed by atoms with van der Waals surface area (Å²) in [7, 11) is 3.33. The third-order valence-electron chi connectivity index (χ3n) is 2.06. The van der Waals surface area contributed by atoms with E-state index in [9.17, 15) is 0 Å². The highest BCUT2D eigenvalue weighted by Crippen LogP contribution is 2.27. The Bertz CT molecular complexity index is 149. The van der Waals surface area contributed by atoms with Gasteiger partial charge in [-0.15, -0.1) is 0 Å². The number of hydrogen-bond donors (Lipinski definition) is 0. The van der Waals surface area contributed by atoms with Gasteiger partial charge in [0.05, 0.1) is 0 Å². The number of hydrogen-bond acceptors (Lipinski definition) is 3. The Morgan fingerprint density at radius 2 is 1.07 bits per heavy atom. The first-order valence-corrected chi connectivity index (χ1v) is 4.99. The van der Waals surface area contributed by atoms with Crippen molar-refractivity contribution in [1.29, 1.82) is 0 Å². The fourth-order valence-corrected chi connectivity index (χ4v) is 1.95. The van der Waals surface area contributed by atoms with Crippen molar-refractivity contribution in [2.75, 3.05) is 14.2 Å². The van der Waals surface area contributed by atoms with Crippen LogP contribution >= 0.6 is 0 Å². The van der Waals surface area contributed by atoms with Gasteiger partial charge in [0.15, 0.2) is 0 Å². The lowest BCUT2D eigenvalue weighted by Gasteiger charge is -2.48. The van der Waals surface area contributed by atoms with Crippen LogP contribution in [0, 0.1) is 0 Å². The normalized spacial score (nSPS) is 14.1. The lowest BCUT2D eigenvalue weighted by molar-refractivity contribution is -0.245. The molecule has 0 aliphatic rings. The quantitative estimate of drug-likeness (QED) is 0.658. The maximum Gasteiger partial charge on any atom is 0.218 e. The average Bonchev–Trinajstić information content (AvgIpc) is 1.94. The molecule has 0 saturated heterocycles. The summed E-state index contributed by atoms with van der Waals surface area (Å²) in [6.07, 6.45) is -0.296. The summed E-state index contributed by atoms with van der Waals surface area (Å²) in [4.78, 5) is 2.21. The fraction of sp³-hybridized carbons (Fsp3) is 1.00. The van der Waals surface area contributed by atoms with Gasteiger partial charge in [0.1, 0.15) is 0 Å². The molecular weight excluding hydrogens is 178 g/mol. The van der Waals surface area contributed by atoms with E-state index in [2.05, 4.69) is 46.4 Å². The Morgan fingerprint density at radius 3 is 1.14 bits per heavy atom. The molecule has 0 aromatic rings. The maximum atomic E-state index is 5.32. The summed E-state index contributed by atoms with van der Waals surface area (Å²) in [6, 6.07) is 0. The summed E-state index contributed by atoms with van der Waals surface area (Å²) >= 11 is 0. The summed E-state index contributed by atoms with van der Waals surface area (Å²) in [5, 5.41) is 0. The van der Waals surface area contributed by atoms with Gasteiger partial charge < -0.3 is 9.47 Å². The minimum absolute atomic E-state index is 0.00887. The molecular formula is C11H25NO2. The van der Waals surface area contributed by atoms with Crippen LogP contribution < -0.4 is 0 Å². The van der Waals surface area contributed by atoms with E-state index in [1.807, 2.05) is 0 Å². The fourth-order valence-electron chi connectivity index (χ4n) is 1.95. The summed E-state index contributed by atoms with van der Waals surface area (Å²) < 4.78 is 10.6. The molecule has 0 aromatic heterocycles. The van der Waals surface area contributed by atoms with Gasteiger partial charge in [-0.25, -0.2) is 4.90 Å². The van der Waals surface area contributed by atoms with Crippen LogP contribution in [-0.4, -0.2) is 36.6 Å². The first kappa shape index (κ1) is 13.9. The van der Waals surface area contributed by atoms with Crippen molar-refractivity contribution in [2.45, 2.75) is 59.0 Å². The van der Waals surface area contributed by atoms with Crippen molar-refractivity contribution in [2.24, 2.45) is 0 Å². The zero-order chi connectivity index (χ0) is 11.6. The van der Waals surface area contributed by atoms with E-state index in [0.717, 1.165) is 0 Å². The second-order valence-electron chi connectivity index (χ2n) is 5.49. The highest BCUT2D eigenvalue weighted by atomic mass is 16.7. The first-order chi connectivity index (χ1) is 6.14. The van der Waals surface area contributed by atoms with Crippen LogP contribution in [0.1, 0.15) is 41.5 Å². The van der Waals surface area contributed by atoms with Crippen molar-refractivity contribution < 1.29 is 9.47 Å². The van der Waals surface area contributed by atoms with Gasteiger partial charge in [0.2, 0.25) is 6.41 Å². The summed E-state index contributed by atoms with van der Waals surface area (Å²) in [6.45, 7) is 12.9. The monoisotopic (exact) mass is 203 g/mol. The van der Waals surface area contributed by atoms with Crippen molar-refractivity contribution >= 4 is 0 Å². The molecule has 0 fully saturated rings. The largest absolute Gasteiger partial charge is 0.343 e. The first-order valence-electron chi connectivity index (χ1n) is 4.99. The highest BCUT2D eigenvalue weighted by molar-refractivity contribution is 4.86. The molecule has 0 atom stereocenters. The van der Waals surface area contributed by atoms with Crippen LogP contribution in [-0.2, 0) is 9.47 Å². The molecule has 0 heterocycles. The van der Waals surface area contributed by atoms with Gasteiger partial charge in [-0.3, -0.25) is 0 Å². The van der Waals surface area contributed by atoms with Gasteiger partial charge >= 0.3 is 0 Å². The zero-order valence-corrected chi connectivity index (χ0v) is 10.8.